The summed E-state index contributed by atoms with van der Waals surface area (Å²) in [5.41, 5.74) is 0. The molecule has 0 unspecified atom stereocenters. The number of likely N-dealkylation sites (N-methyl/N-ethyl adjacent to an activating group) is 1. The molecule has 0 saturated heterocycles. The van der Waals surface area contributed by atoms with Crippen LogP contribution < -0.4 is 23.6 Å². The summed E-state index contributed by atoms with van der Waals surface area (Å²) in [4.78, 5) is 10.4. The fraction of sp³-hybridized carbons (Fsp3) is 0.571. The molecular formula is C7H16ClN3O. The van der Waals surface area contributed by atoms with Gasteiger partial charge in [-0.2, -0.15) is 5.84 Å². The first-order chi connectivity index (χ1) is 4.92. The van der Waals surface area contributed by atoms with Crippen LogP contribution in [0.3, 0.4) is 0 Å². The number of nitrogens with two attached hydrogens (primary N) is 1. The lowest BCUT2D eigenvalue weighted by Gasteiger charge is -2.19. The Balaban J connectivity index is 0. The SMILES string of the molecule is CC(=O)NC=CC[N+](C)(C)N.[Cl-]. The third-order valence-corrected chi connectivity index (χ3v) is 0.980. The maximum atomic E-state index is 10.4. The molecule has 0 spiro atoms. The lowest BCUT2D eigenvalue weighted by molar-refractivity contribution is -0.896. The van der Waals surface area contributed by atoms with E-state index in [1.807, 2.05) is 20.2 Å². The van der Waals surface area contributed by atoms with Crippen molar-refractivity contribution in [2.45, 2.75) is 6.92 Å². The highest BCUT2D eigenvalue weighted by atomic mass is 35.5. The number of halogens is 1. The van der Waals surface area contributed by atoms with Crippen LogP contribution in [0.25, 0.3) is 0 Å². The van der Waals surface area contributed by atoms with Crippen molar-refractivity contribution in [3.8, 4) is 0 Å². The van der Waals surface area contributed by atoms with Gasteiger partial charge in [-0.3, -0.25) is 4.79 Å². The smallest absolute Gasteiger partial charge is 0.220 e. The summed E-state index contributed by atoms with van der Waals surface area (Å²) >= 11 is 0. The standard InChI is InChI=1S/C7H15N3O.ClH/c1-7(11)9-5-4-6-10(2,3)8;/h4-5H,6,8H2,1-3H3;1H. The molecule has 0 aliphatic heterocycles. The third kappa shape index (κ3) is 12.1. The first-order valence-corrected chi connectivity index (χ1v) is 3.45. The van der Waals surface area contributed by atoms with Gasteiger partial charge in [0.2, 0.25) is 5.91 Å². The molecule has 72 valence electrons. The van der Waals surface area contributed by atoms with Gasteiger partial charge in [0.25, 0.3) is 0 Å². The highest BCUT2D eigenvalue weighted by Gasteiger charge is 2.02. The second-order valence-electron chi connectivity index (χ2n) is 3.06. The summed E-state index contributed by atoms with van der Waals surface area (Å²) in [7, 11) is 3.75. The molecule has 0 heterocycles. The number of carbonyl (C=O) groups excluding carboxylic acids is 1. The summed E-state index contributed by atoms with van der Waals surface area (Å²) in [5.74, 6) is 5.56. The molecule has 3 N–H and O–H groups in total. The molecule has 5 heteroatoms. The van der Waals surface area contributed by atoms with Gasteiger partial charge in [-0.05, 0) is 6.08 Å². The second-order valence-corrected chi connectivity index (χ2v) is 3.06. The molecule has 0 aromatic heterocycles. The molecule has 4 nitrogen and oxygen atoms in total. The zero-order valence-electron chi connectivity index (χ0n) is 7.67. The maximum absolute atomic E-state index is 10.4. The van der Waals surface area contributed by atoms with E-state index >= 15 is 0 Å². The highest BCUT2D eigenvalue weighted by Crippen LogP contribution is 1.83. The van der Waals surface area contributed by atoms with Gasteiger partial charge in [0.05, 0.1) is 14.1 Å². The topological polar surface area (TPSA) is 55.1 Å². The van der Waals surface area contributed by atoms with Crippen LogP contribution in [0.4, 0.5) is 0 Å². The van der Waals surface area contributed by atoms with E-state index < -0.39 is 0 Å². The lowest BCUT2D eigenvalue weighted by atomic mass is 10.5. The van der Waals surface area contributed by atoms with Crippen molar-refractivity contribution in [2.75, 3.05) is 20.6 Å². The van der Waals surface area contributed by atoms with Gasteiger partial charge >= 0.3 is 0 Å². The first kappa shape index (κ1) is 14.0. The summed E-state index contributed by atoms with van der Waals surface area (Å²) < 4.78 is 0.371. The molecule has 0 rings (SSSR count). The molecular weight excluding hydrogens is 178 g/mol. The zero-order valence-corrected chi connectivity index (χ0v) is 8.43. The third-order valence-electron chi connectivity index (χ3n) is 0.980. The van der Waals surface area contributed by atoms with Crippen LogP contribution >= 0.6 is 0 Å². The Bertz CT molecular complexity index is 163. The maximum Gasteiger partial charge on any atom is 0.220 e. The first-order valence-electron chi connectivity index (χ1n) is 3.45. The fourth-order valence-electron chi connectivity index (χ4n) is 0.501. The van der Waals surface area contributed by atoms with E-state index in [4.69, 9.17) is 5.84 Å². The number of amides is 1. The Morgan fingerprint density at radius 3 is 2.42 bits per heavy atom. The van der Waals surface area contributed by atoms with Crippen molar-refractivity contribution < 1.29 is 21.8 Å². The van der Waals surface area contributed by atoms with Crippen LogP contribution in [-0.4, -0.2) is 31.1 Å². The van der Waals surface area contributed by atoms with Gasteiger partial charge < -0.3 is 17.7 Å². The van der Waals surface area contributed by atoms with Gasteiger partial charge in [0, 0.05) is 13.1 Å². The predicted molar refractivity (Wildman–Crippen MR) is 44.1 cm³/mol. The molecule has 0 aliphatic carbocycles. The predicted octanol–water partition coefficient (Wildman–Crippen LogP) is -3.41. The van der Waals surface area contributed by atoms with Crippen LogP contribution in [0.2, 0.25) is 0 Å². The minimum Gasteiger partial charge on any atom is -1.00 e. The van der Waals surface area contributed by atoms with E-state index in [-0.39, 0.29) is 18.3 Å². The van der Waals surface area contributed by atoms with E-state index in [1.165, 1.54) is 6.92 Å². The van der Waals surface area contributed by atoms with Crippen molar-refractivity contribution >= 4 is 5.91 Å². The van der Waals surface area contributed by atoms with Crippen LogP contribution in [-0.2, 0) is 4.79 Å². The van der Waals surface area contributed by atoms with Crippen LogP contribution in [0.5, 0.6) is 0 Å². The molecule has 0 saturated carbocycles. The average molecular weight is 194 g/mol. The van der Waals surface area contributed by atoms with Gasteiger partial charge in [-0.25, -0.2) is 4.59 Å². The number of nitrogens with zero attached hydrogens (tertiary/aromatic N) is 1. The van der Waals surface area contributed by atoms with E-state index in [1.54, 1.807) is 6.20 Å². The molecule has 0 aromatic carbocycles. The molecule has 1 amide bonds. The average Bonchev–Trinajstić information content (AvgIpc) is 1.78. The normalized spacial score (nSPS) is 11.0. The van der Waals surface area contributed by atoms with Crippen LogP contribution in [0.1, 0.15) is 6.92 Å². The van der Waals surface area contributed by atoms with Gasteiger partial charge in [0.1, 0.15) is 6.54 Å². The largest absolute Gasteiger partial charge is 1.00 e. The molecule has 12 heavy (non-hydrogen) atoms. The Kier molecular flexibility index (Phi) is 6.98. The van der Waals surface area contributed by atoms with Crippen molar-refractivity contribution in [3.63, 3.8) is 0 Å². The van der Waals surface area contributed by atoms with Crippen molar-refractivity contribution in [2.24, 2.45) is 5.84 Å². The van der Waals surface area contributed by atoms with Gasteiger partial charge in [-0.15, -0.1) is 0 Å². The monoisotopic (exact) mass is 193 g/mol. The summed E-state index contributed by atoms with van der Waals surface area (Å²) in [6.07, 6.45) is 3.43. The van der Waals surface area contributed by atoms with Crippen LogP contribution in [0.15, 0.2) is 12.3 Å². The zero-order chi connectivity index (χ0) is 8.91. The quantitative estimate of drug-likeness (QED) is 0.279. The highest BCUT2D eigenvalue weighted by molar-refractivity contribution is 5.73. The Hall–Kier alpha value is -0.580. The molecule has 0 aliphatic rings. The Morgan fingerprint density at radius 2 is 2.08 bits per heavy atom. The molecule has 0 aromatic rings. The molecule has 0 fully saturated rings. The van der Waals surface area contributed by atoms with E-state index in [2.05, 4.69) is 5.32 Å². The van der Waals surface area contributed by atoms with E-state index in [0.717, 1.165) is 0 Å². The van der Waals surface area contributed by atoms with Crippen molar-refractivity contribution in [1.29, 1.82) is 0 Å². The summed E-state index contributed by atoms with van der Waals surface area (Å²) in [5, 5.41) is 2.53. The van der Waals surface area contributed by atoms with Crippen LogP contribution in [0, 0.1) is 0 Å². The number of quaternary nitrogens is 1. The summed E-state index contributed by atoms with van der Waals surface area (Å²) in [6.45, 7) is 2.16. The van der Waals surface area contributed by atoms with Crippen molar-refractivity contribution in [3.05, 3.63) is 12.3 Å². The Morgan fingerprint density at radius 1 is 1.58 bits per heavy atom. The second kappa shape index (κ2) is 5.99. The van der Waals surface area contributed by atoms with Gasteiger partial charge in [-0.1, -0.05) is 0 Å². The van der Waals surface area contributed by atoms with E-state index in [0.29, 0.717) is 11.1 Å². The van der Waals surface area contributed by atoms with Gasteiger partial charge in [0.15, 0.2) is 0 Å². The van der Waals surface area contributed by atoms with Crippen molar-refractivity contribution in [1.82, 2.24) is 5.32 Å². The minimum atomic E-state index is -0.0661. The lowest BCUT2D eigenvalue weighted by Crippen LogP contribution is -3.00. The number of nitrogens with one attached hydrogen (secondary N) is 1. The molecule has 0 bridgehead atoms. The minimum absolute atomic E-state index is 0. The number of rotatable bonds is 3. The molecule has 0 atom stereocenters. The summed E-state index contributed by atoms with van der Waals surface area (Å²) in [6, 6.07) is 0. The van der Waals surface area contributed by atoms with E-state index in [9.17, 15) is 4.79 Å². The fourth-order valence-corrected chi connectivity index (χ4v) is 0.501. The number of carbonyl (C=O) groups is 1. The Labute approximate surface area is 79.4 Å². The number of hydrogen-bond donors (Lipinski definition) is 2. The molecule has 0 radical (unpaired) electrons. The number of hydrogen-bond acceptors (Lipinski definition) is 2.